The fraction of sp³-hybridized carbons (Fsp3) is 0.571. The lowest BCUT2D eigenvalue weighted by Crippen LogP contribution is -2.16. The van der Waals surface area contributed by atoms with Crippen molar-refractivity contribution in [2.45, 2.75) is 52.0 Å². The van der Waals surface area contributed by atoms with Gasteiger partial charge in [-0.15, -0.1) is 0 Å². The maximum Gasteiger partial charge on any atom is 0.181 e. The highest BCUT2D eigenvalue weighted by atomic mass is 19.2. The predicted molar refractivity (Wildman–Crippen MR) is 68.2 cm³/mol. The molecule has 0 aliphatic heterocycles. The van der Waals surface area contributed by atoms with Gasteiger partial charge in [0.05, 0.1) is 5.69 Å². The van der Waals surface area contributed by atoms with E-state index in [9.17, 15) is 8.78 Å². The summed E-state index contributed by atoms with van der Waals surface area (Å²) in [5.74, 6) is -1.58. The maximum absolute atomic E-state index is 13.4. The second-order valence-corrected chi connectivity index (χ2v) is 4.50. The molecule has 1 N–H and O–H groups in total. The third kappa shape index (κ3) is 4.72. The summed E-state index contributed by atoms with van der Waals surface area (Å²) in [5.41, 5.74) is 0.257. The molecule has 0 bridgehead atoms. The molecule has 1 atom stereocenters. The van der Waals surface area contributed by atoms with Crippen LogP contribution in [0.1, 0.15) is 46.0 Å². The molecule has 1 aromatic carbocycles. The summed E-state index contributed by atoms with van der Waals surface area (Å²) < 4.78 is 26.3. The van der Waals surface area contributed by atoms with Crippen molar-refractivity contribution in [1.82, 2.24) is 0 Å². The number of unbranched alkanes of at least 4 members (excludes halogenated alkanes) is 3. The van der Waals surface area contributed by atoms with Crippen LogP contribution in [0.2, 0.25) is 0 Å². The Balaban J connectivity index is 2.39. The molecular weight excluding hydrogens is 220 g/mol. The average Bonchev–Trinajstić information content (AvgIpc) is 2.31. The molecule has 0 aliphatic carbocycles. The molecule has 17 heavy (non-hydrogen) atoms. The molecule has 0 spiro atoms. The normalized spacial score (nSPS) is 12.5. The molecular formula is C14H21F2N. The monoisotopic (exact) mass is 241 g/mol. The van der Waals surface area contributed by atoms with Gasteiger partial charge in [0.15, 0.2) is 11.6 Å². The summed E-state index contributed by atoms with van der Waals surface area (Å²) in [6, 6.07) is 4.39. The summed E-state index contributed by atoms with van der Waals surface area (Å²) in [5, 5.41) is 3.01. The van der Waals surface area contributed by atoms with E-state index < -0.39 is 11.6 Å². The van der Waals surface area contributed by atoms with Gasteiger partial charge < -0.3 is 5.32 Å². The molecule has 1 nitrogen and oxygen atoms in total. The molecule has 0 heterocycles. The molecule has 0 aliphatic rings. The Hall–Kier alpha value is -1.12. The van der Waals surface area contributed by atoms with Gasteiger partial charge >= 0.3 is 0 Å². The van der Waals surface area contributed by atoms with E-state index in [0.717, 1.165) is 18.9 Å². The van der Waals surface area contributed by atoms with Gasteiger partial charge in [0, 0.05) is 6.04 Å². The minimum absolute atomic E-state index is 0.170. The lowest BCUT2D eigenvalue weighted by atomic mass is 10.1. The van der Waals surface area contributed by atoms with Crippen LogP contribution in [0.15, 0.2) is 18.2 Å². The van der Waals surface area contributed by atoms with E-state index in [0.29, 0.717) is 0 Å². The van der Waals surface area contributed by atoms with E-state index in [1.165, 1.54) is 25.3 Å². The molecule has 3 heteroatoms. The van der Waals surface area contributed by atoms with E-state index in [1.807, 2.05) is 6.92 Å². The van der Waals surface area contributed by atoms with Gasteiger partial charge in [-0.1, -0.05) is 38.7 Å². The highest BCUT2D eigenvalue weighted by Crippen LogP contribution is 2.18. The number of nitrogens with one attached hydrogen (secondary N) is 1. The molecule has 0 aromatic heterocycles. The van der Waals surface area contributed by atoms with Crippen LogP contribution < -0.4 is 5.32 Å². The summed E-state index contributed by atoms with van der Waals surface area (Å²) in [4.78, 5) is 0. The lowest BCUT2D eigenvalue weighted by molar-refractivity contribution is 0.508. The van der Waals surface area contributed by atoms with Crippen LogP contribution in [0.3, 0.4) is 0 Å². The predicted octanol–water partition coefficient (Wildman–Crippen LogP) is 4.74. The van der Waals surface area contributed by atoms with Crippen LogP contribution in [-0.2, 0) is 0 Å². The van der Waals surface area contributed by atoms with Crippen molar-refractivity contribution >= 4 is 5.69 Å². The Bertz CT molecular complexity index is 339. The first-order valence-electron chi connectivity index (χ1n) is 6.35. The van der Waals surface area contributed by atoms with Crippen LogP contribution in [0, 0.1) is 11.6 Å². The third-order valence-corrected chi connectivity index (χ3v) is 2.84. The number of hydrogen-bond donors (Lipinski definition) is 1. The quantitative estimate of drug-likeness (QED) is 0.680. The zero-order valence-electron chi connectivity index (χ0n) is 10.6. The minimum atomic E-state index is -0.798. The van der Waals surface area contributed by atoms with Crippen molar-refractivity contribution in [1.29, 1.82) is 0 Å². The summed E-state index contributed by atoms with van der Waals surface area (Å²) >= 11 is 0. The lowest BCUT2D eigenvalue weighted by Gasteiger charge is -2.15. The zero-order chi connectivity index (χ0) is 12.7. The van der Waals surface area contributed by atoms with Crippen LogP contribution >= 0.6 is 0 Å². The molecule has 1 aromatic rings. The SMILES string of the molecule is CCCCCCC(C)Nc1cccc(F)c1F. The number of hydrogen-bond acceptors (Lipinski definition) is 1. The van der Waals surface area contributed by atoms with Gasteiger partial charge in [-0.2, -0.15) is 0 Å². The molecule has 96 valence electrons. The first kappa shape index (κ1) is 13.9. The van der Waals surface area contributed by atoms with E-state index in [2.05, 4.69) is 12.2 Å². The Kier molecular flexibility index (Phi) is 5.95. The Morgan fingerprint density at radius 2 is 1.94 bits per heavy atom. The van der Waals surface area contributed by atoms with Gasteiger partial charge in [-0.3, -0.25) is 0 Å². The first-order valence-corrected chi connectivity index (χ1v) is 6.35. The molecule has 1 rings (SSSR count). The van der Waals surface area contributed by atoms with Crippen molar-refractivity contribution in [3.8, 4) is 0 Å². The smallest absolute Gasteiger partial charge is 0.181 e. The highest BCUT2D eigenvalue weighted by Gasteiger charge is 2.09. The van der Waals surface area contributed by atoms with Crippen LogP contribution in [0.25, 0.3) is 0 Å². The Morgan fingerprint density at radius 3 is 2.65 bits per heavy atom. The van der Waals surface area contributed by atoms with Crippen LogP contribution in [-0.4, -0.2) is 6.04 Å². The molecule has 0 saturated heterocycles. The fourth-order valence-electron chi connectivity index (χ4n) is 1.83. The summed E-state index contributed by atoms with van der Waals surface area (Å²) in [7, 11) is 0. The molecule has 0 saturated carbocycles. The van der Waals surface area contributed by atoms with E-state index in [4.69, 9.17) is 0 Å². The van der Waals surface area contributed by atoms with Crippen molar-refractivity contribution in [3.05, 3.63) is 29.8 Å². The van der Waals surface area contributed by atoms with Crippen molar-refractivity contribution in [3.63, 3.8) is 0 Å². The first-order chi connectivity index (χ1) is 8.15. The number of benzene rings is 1. The minimum Gasteiger partial charge on any atom is -0.380 e. The van der Waals surface area contributed by atoms with Gasteiger partial charge in [0.2, 0.25) is 0 Å². The van der Waals surface area contributed by atoms with Crippen molar-refractivity contribution in [2.75, 3.05) is 5.32 Å². The zero-order valence-corrected chi connectivity index (χ0v) is 10.6. The van der Waals surface area contributed by atoms with Crippen LogP contribution in [0.5, 0.6) is 0 Å². The standard InChI is InChI=1S/C14H21F2N/c1-3-4-5-6-8-11(2)17-13-10-7-9-12(15)14(13)16/h7,9-11,17H,3-6,8H2,1-2H3. The van der Waals surface area contributed by atoms with Gasteiger partial charge in [-0.05, 0) is 25.5 Å². The van der Waals surface area contributed by atoms with Gasteiger partial charge in [0.1, 0.15) is 0 Å². The van der Waals surface area contributed by atoms with E-state index in [1.54, 1.807) is 6.07 Å². The second-order valence-electron chi connectivity index (χ2n) is 4.50. The molecule has 0 radical (unpaired) electrons. The summed E-state index contributed by atoms with van der Waals surface area (Å²) in [6.07, 6.45) is 5.75. The second kappa shape index (κ2) is 7.25. The number of anilines is 1. The third-order valence-electron chi connectivity index (χ3n) is 2.84. The molecule has 0 amide bonds. The van der Waals surface area contributed by atoms with Crippen LogP contribution in [0.4, 0.5) is 14.5 Å². The van der Waals surface area contributed by atoms with E-state index >= 15 is 0 Å². The number of halogens is 2. The Morgan fingerprint density at radius 1 is 1.18 bits per heavy atom. The van der Waals surface area contributed by atoms with E-state index in [-0.39, 0.29) is 11.7 Å². The van der Waals surface area contributed by atoms with Gasteiger partial charge in [0.25, 0.3) is 0 Å². The maximum atomic E-state index is 13.4. The number of rotatable bonds is 7. The van der Waals surface area contributed by atoms with Gasteiger partial charge in [-0.25, -0.2) is 8.78 Å². The molecule has 1 unspecified atom stereocenters. The summed E-state index contributed by atoms with van der Waals surface area (Å²) in [6.45, 7) is 4.17. The van der Waals surface area contributed by atoms with Crippen molar-refractivity contribution < 1.29 is 8.78 Å². The topological polar surface area (TPSA) is 12.0 Å². The fourth-order valence-corrected chi connectivity index (χ4v) is 1.83. The average molecular weight is 241 g/mol. The Labute approximate surface area is 102 Å². The molecule has 0 fully saturated rings. The largest absolute Gasteiger partial charge is 0.380 e. The highest BCUT2D eigenvalue weighted by molar-refractivity contribution is 5.45. The van der Waals surface area contributed by atoms with Crippen molar-refractivity contribution in [2.24, 2.45) is 0 Å².